The molecule has 1 aromatic carbocycles. The molecule has 1 aliphatic heterocycles. The Morgan fingerprint density at radius 3 is 3.00 bits per heavy atom. The highest BCUT2D eigenvalue weighted by atomic mass is 16.2. The fraction of sp³-hybridized carbons (Fsp3) is 0.562. The van der Waals surface area contributed by atoms with Gasteiger partial charge in [0, 0.05) is 24.3 Å². The van der Waals surface area contributed by atoms with Gasteiger partial charge in [-0.2, -0.15) is 0 Å². The number of nitrogens with two attached hydrogens (primary N) is 1. The number of nitrogen functional groups attached to an aromatic ring is 1. The van der Waals surface area contributed by atoms with Crippen molar-refractivity contribution in [3.05, 3.63) is 29.3 Å². The molecule has 19 heavy (non-hydrogen) atoms. The average Bonchev–Trinajstić information content (AvgIpc) is 2.41. The summed E-state index contributed by atoms with van der Waals surface area (Å²) < 4.78 is 0. The van der Waals surface area contributed by atoms with E-state index in [0.717, 1.165) is 30.6 Å². The number of anilines is 1. The molecule has 0 aliphatic carbocycles. The fourth-order valence-corrected chi connectivity index (χ4v) is 2.93. The molecular formula is C16H24N2O. The number of piperidine rings is 1. The molecule has 1 atom stereocenters. The maximum Gasteiger partial charge on any atom is 0.254 e. The molecule has 1 fully saturated rings. The molecule has 0 radical (unpaired) electrons. The molecule has 0 bridgehead atoms. The minimum absolute atomic E-state index is 0.144. The summed E-state index contributed by atoms with van der Waals surface area (Å²) in [5, 5.41) is 0. The topological polar surface area (TPSA) is 46.3 Å². The van der Waals surface area contributed by atoms with Gasteiger partial charge in [0.2, 0.25) is 0 Å². The Morgan fingerprint density at radius 2 is 2.26 bits per heavy atom. The van der Waals surface area contributed by atoms with E-state index < -0.39 is 0 Å². The molecule has 1 heterocycles. The Balaban J connectivity index is 2.12. The Bertz CT molecular complexity index is 454. The van der Waals surface area contributed by atoms with Crippen LogP contribution in [-0.4, -0.2) is 23.9 Å². The summed E-state index contributed by atoms with van der Waals surface area (Å²) in [5.41, 5.74) is 8.23. The summed E-state index contributed by atoms with van der Waals surface area (Å²) in [6, 6.07) is 5.58. The highest BCUT2D eigenvalue weighted by Gasteiger charge is 2.24. The molecule has 1 aromatic rings. The van der Waals surface area contributed by atoms with E-state index in [1.54, 1.807) is 6.07 Å². The van der Waals surface area contributed by atoms with Crippen molar-refractivity contribution in [1.29, 1.82) is 0 Å². The zero-order valence-electron chi connectivity index (χ0n) is 12.0. The van der Waals surface area contributed by atoms with Gasteiger partial charge in [-0.15, -0.1) is 0 Å². The monoisotopic (exact) mass is 260 g/mol. The number of likely N-dealkylation sites (tertiary alicyclic amines) is 1. The van der Waals surface area contributed by atoms with Gasteiger partial charge in [-0.1, -0.05) is 19.4 Å². The summed E-state index contributed by atoms with van der Waals surface area (Å²) in [5.74, 6) is 0.815. The third-order valence-electron chi connectivity index (χ3n) is 4.00. The maximum atomic E-state index is 12.6. The zero-order valence-corrected chi connectivity index (χ0v) is 12.0. The Kier molecular flexibility index (Phi) is 4.46. The van der Waals surface area contributed by atoms with Crippen molar-refractivity contribution in [3.63, 3.8) is 0 Å². The third-order valence-corrected chi connectivity index (χ3v) is 4.00. The van der Waals surface area contributed by atoms with E-state index in [-0.39, 0.29) is 5.91 Å². The molecule has 0 saturated carbocycles. The number of hydrogen-bond donors (Lipinski definition) is 1. The summed E-state index contributed by atoms with van der Waals surface area (Å²) >= 11 is 0. The van der Waals surface area contributed by atoms with Gasteiger partial charge in [-0.25, -0.2) is 0 Å². The van der Waals surface area contributed by atoms with Gasteiger partial charge in [0.25, 0.3) is 5.91 Å². The van der Waals surface area contributed by atoms with E-state index in [1.807, 2.05) is 24.0 Å². The lowest BCUT2D eigenvalue weighted by Crippen LogP contribution is -2.40. The minimum Gasteiger partial charge on any atom is -0.399 e. The summed E-state index contributed by atoms with van der Waals surface area (Å²) in [6.07, 6.45) is 4.80. The van der Waals surface area contributed by atoms with Crippen molar-refractivity contribution < 1.29 is 4.79 Å². The first kappa shape index (κ1) is 13.9. The van der Waals surface area contributed by atoms with Crippen LogP contribution in [0.3, 0.4) is 0 Å². The van der Waals surface area contributed by atoms with Crippen LogP contribution in [0.2, 0.25) is 0 Å². The summed E-state index contributed by atoms with van der Waals surface area (Å²) in [6.45, 7) is 5.97. The number of benzene rings is 1. The van der Waals surface area contributed by atoms with Gasteiger partial charge in [0.1, 0.15) is 0 Å². The minimum atomic E-state index is 0.144. The van der Waals surface area contributed by atoms with Crippen LogP contribution in [0, 0.1) is 12.8 Å². The van der Waals surface area contributed by atoms with E-state index in [2.05, 4.69) is 6.92 Å². The molecule has 2 N–H and O–H groups in total. The molecule has 0 spiro atoms. The molecule has 1 amide bonds. The predicted octanol–water partition coefficient (Wildman–Crippen LogP) is 3.23. The van der Waals surface area contributed by atoms with Gasteiger partial charge >= 0.3 is 0 Å². The number of carbonyl (C=O) groups excluding carboxylic acids is 1. The van der Waals surface area contributed by atoms with Crippen LogP contribution in [-0.2, 0) is 0 Å². The number of hydrogen-bond acceptors (Lipinski definition) is 2. The van der Waals surface area contributed by atoms with Gasteiger partial charge in [0.15, 0.2) is 0 Å². The molecule has 1 unspecified atom stereocenters. The Morgan fingerprint density at radius 1 is 1.47 bits per heavy atom. The SMILES string of the molecule is CCCC1CCCN(C(=O)c2cc(N)ccc2C)C1. The molecule has 2 rings (SSSR count). The van der Waals surface area contributed by atoms with Crippen LogP contribution in [0.1, 0.15) is 48.5 Å². The quantitative estimate of drug-likeness (QED) is 0.848. The van der Waals surface area contributed by atoms with Crippen molar-refractivity contribution in [3.8, 4) is 0 Å². The highest BCUT2D eigenvalue weighted by Crippen LogP contribution is 2.23. The second-order valence-corrected chi connectivity index (χ2v) is 5.62. The van der Waals surface area contributed by atoms with Crippen LogP contribution >= 0.6 is 0 Å². The predicted molar refractivity (Wildman–Crippen MR) is 79.1 cm³/mol. The van der Waals surface area contributed by atoms with Crippen LogP contribution in [0.25, 0.3) is 0 Å². The van der Waals surface area contributed by atoms with Gasteiger partial charge < -0.3 is 10.6 Å². The van der Waals surface area contributed by atoms with Crippen molar-refractivity contribution in [2.45, 2.75) is 39.5 Å². The number of aryl methyl sites for hydroxylation is 1. The van der Waals surface area contributed by atoms with Crippen molar-refractivity contribution in [2.75, 3.05) is 18.8 Å². The molecule has 1 saturated heterocycles. The van der Waals surface area contributed by atoms with E-state index in [4.69, 9.17) is 5.73 Å². The van der Waals surface area contributed by atoms with E-state index in [9.17, 15) is 4.79 Å². The van der Waals surface area contributed by atoms with E-state index in [0.29, 0.717) is 11.6 Å². The van der Waals surface area contributed by atoms with Crippen molar-refractivity contribution in [2.24, 2.45) is 5.92 Å². The molecule has 3 heteroatoms. The van der Waals surface area contributed by atoms with Crippen molar-refractivity contribution in [1.82, 2.24) is 4.90 Å². The van der Waals surface area contributed by atoms with Gasteiger partial charge in [0.05, 0.1) is 0 Å². The lowest BCUT2D eigenvalue weighted by Gasteiger charge is -2.33. The largest absolute Gasteiger partial charge is 0.399 e. The second kappa shape index (κ2) is 6.09. The van der Waals surface area contributed by atoms with Crippen LogP contribution in [0.5, 0.6) is 0 Å². The Hall–Kier alpha value is -1.51. The van der Waals surface area contributed by atoms with Crippen LogP contribution in [0.15, 0.2) is 18.2 Å². The Labute approximate surface area is 115 Å². The molecule has 3 nitrogen and oxygen atoms in total. The third kappa shape index (κ3) is 3.28. The van der Waals surface area contributed by atoms with Crippen LogP contribution in [0.4, 0.5) is 5.69 Å². The van der Waals surface area contributed by atoms with E-state index >= 15 is 0 Å². The number of rotatable bonds is 3. The number of nitrogens with zero attached hydrogens (tertiary/aromatic N) is 1. The normalized spacial score (nSPS) is 19.5. The first-order valence-corrected chi connectivity index (χ1v) is 7.27. The van der Waals surface area contributed by atoms with E-state index in [1.165, 1.54) is 19.3 Å². The average molecular weight is 260 g/mol. The summed E-state index contributed by atoms with van der Waals surface area (Å²) in [4.78, 5) is 14.6. The molecular weight excluding hydrogens is 236 g/mol. The van der Waals surface area contributed by atoms with Gasteiger partial charge in [-0.05, 0) is 49.8 Å². The smallest absolute Gasteiger partial charge is 0.254 e. The molecule has 104 valence electrons. The fourth-order valence-electron chi connectivity index (χ4n) is 2.93. The first-order valence-electron chi connectivity index (χ1n) is 7.27. The van der Waals surface area contributed by atoms with Crippen LogP contribution < -0.4 is 5.73 Å². The van der Waals surface area contributed by atoms with Crippen molar-refractivity contribution >= 4 is 11.6 Å². The summed E-state index contributed by atoms with van der Waals surface area (Å²) in [7, 11) is 0. The maximum absolute atomic E-state index is 12.6. The second-order valence-electron chi connectivity index (χ2n) is 5.62. The number of amides is 1. The zero-order chi connectivity index (χ0) is 13.8. The first-order chi connectivity index (χ1) is 9.11. The highest BCUT2D eigenvalue weighted by molar-refractivity contribution is 5.96. The standard InChI is InChI=1S/C16H24N2O/c1-3-5-13-6-4-9-18(11-13)16(19)15-10-14(17)8-7-12(15)2/h7-8,10,13H,3-6,9,11,17H2,1-2H3. The lowest BCUT2D eigenvalue weighted by molar-refractivity contribution is 0.0667. The lowest BCUT2D eigenvalue weighted by atomic mass is 9.93. The van der Waals surface area contributed by atoms with Gasteiger partial charge in [-0.3, -0.25) is 4.79 Å². The molecule has 0 aromatic heterocycles. The number of carbonyl (C=O) groups is 1. The molecule has 1 aliphatic rings.